The van der Waals surface area contributed by atoms with Gasteiger partial charge in [-0.05, 0) is 73.4 Å². The minimum Gasteiger partial charge on any atom is -0.355 e. The van der Waals surface area contributed by atoms with Crippen LogP contribution in [0.5, 0.6) is 0 Å². The summed E-state index contributed by atoms with van der Waals surface area (Å²) in [7, 11) is 0. The molecule has 3 heterocycles. The molecular formula is C30H29ClN8. The van der Waals surface area contributed by atoms with Crippen LogP contribution in [0.2, 0.25) is 5.02 Å². The summed E-state index contributed by atoms with van der Waals surface area (Å²) in [5.41, 5.74) is 4.83. The maximum absolute atomic E-state index is 6.14. The van der Waals surface area contributed by atoms with Crippen molar-refractivity contribution >= 4 is 57.4 Å². The number of nitrogens with one attached hydrogen (secondary N) is 3. The Morgan fingerprint density at radius 2 is 1.49 bits per heavy atom. The highest BCUT2D eigenvalue weighted by atomic mass is 35.5. The molecule has 0 unspecified atom stereocenters. The fourth-order valence-electron chi connectivity index (χ4n) is 4.66. The molecule has 196 valence electrons. The van der Waals surface area contributed by atoms with Gasteiger partial charge in [-0.2, -0.15) is 15.0 Å². The molecule has 0 radical (unpaired) electrons. The molecule has 39 heavy (non-hydrogen) atoms. The molecular weight excluding hydrogens is 508 g/mol. The lowest BCUT2D eigenvalue weighted by molar-refractivity contribution is 0.568. The summed E-state index contributed by atoms with van der Waals surface area (Å²) < 4.78 is 0. The van der Waals surface area contributed by atoms with E-state index in [1.165, 1.54) is 12.0 Å². The lowest BCUT2D eigenvalue weighted by Gasteiger charge is -2.27. The summed E-state index contributed by atoms with van der Waals surface area (Å²) >= 11 is 6.14. The molecule has 0 spiro atoms. The standard InChI is InChI=1S/C30H29ClN8/c31-22-9-14-25-26(15-16-32-27(25)19-22)34-23-10-12-24(13-11-23)35-29-36-28(33-20-21-7-3-1-4-8-21)37-30(38-29)39-17-5-2-6-18-39/h1,3-4,7-16,19H,2,5-6,17-18,20H2,(H,32,34)(H2,33,35,36,37,38). The largest absolute Gasteiger partial charge is 0.355 e. The molecule has 1 aliphatic heterocycles. The van der Waals surface area contributed by atoms with Crippen LogP contribution in [-0.2, 0) is 6.54 Å². The van der Waals surface area contributed by atoms with E-state index < -0.39 is 0 Å². The summed E-state index contributed by atoms with van der Waals surface area (Å²) in [5, 5.41) is 11.9. The van der Waals surface area contributed by atoms with Crippen molar-refractivity contribution in [2.45, 2.75) is 25.8 Å². The second-order valence-corrected chi connectivity index (χ2v) is 9.95. The monoisotopic (exact) mass is 536 g/mol. The molecule has 0 amide bonds. The Bertz CT molecular complexity index is 1550. The number of nitrogens with zero attached hydrogens (tertiary/aromatic N) is 5. The van der Waals surface area contributed by atoms with Crippen LogP contribution in [0.1, 0.15) is 24.8 Å². The number of rotatable bonds is 8. The maximum atomic E-state index is 6.14. The van der Waals surface area contributed by atoms with E-state index in [-0.39, 0.29) is 0 Å². The highest BCUT2D eigenvalue weighted by Crippen LogP contribution is 2.28. The van der Waals surface area contributed by atoms with Gasteiger partial charge in [-0.1, -0.05) is 41.9 Å². The first-order valence-corrected chi connectivity index (χ1v) is 13.5. The van der Waals surface area contributed by atoms with Crippen LogP contribution in [0.15, 0.2) is 85.1 Å². The third-order valence-corrected chi connectivity index (χ3v) is 6.92. The second-order valence-electron chi connectivity index (χ2n) is 9.52. The third-order valence-electron chi connectivity index (χ3n) is 6.68. The van der Waals surface area contributed by atoms with Crippen molar-refractivity contribution < 1.29 is 0 Å². The Labute approximate surface area is 232 Å². The quantitative estimate of drug-likeness (QED) is 0.192. The minimum atomic E-state index is 0.513. The van der Waals surface area contributed by atoms with Gasteiger partial charge in [-0.15, -0.1) is 0 Å². The predicted molar refractivity (Wildman–Crippen MR) is 159 cm³/mol. The number of benzene rings is 3. The molecule has 1 fully saturated rings. The van der Waals surface area contributed by atoms with Gasteiger partial charge in [-0.25, -0.2) is 0 Å². The summed E-state index contributed by atoms with van der Waals surface area (Å²) in [4.78, 5) is 20.8. The van der Waals surface area contributed by atoms with Crippen molar-refractivity contribution in [3.05, 3.63) is 95.6 Å². The van der Waals surface area contributed by atoms with Crippen molar-refractivity contribution in [3.8, 4) is 0 Å². The number of fused-ring (bicyclic) bond motifs is 1. The molecule has 2 aromatic heterocycles. The molecule has 9 heteroatoms. The molecule has 5 aromatic rings. The highest BCUT2D eigenvalue weighted by Gasteiger charge is 2.16. The number of hydrogen-bond acceptors (Lipinski definition) is 8. The number of piperidine rings is 1. The molecule has 0 saturated carbocycles. The highest BCUT2D eigenvalue weighted by molar-refractivity contribution is 6.31. The topological polar surface area (TPSA) is 90.9 Å². The van der Waals surface area contributed by atoms with Crippen molar-refractivity contribution in [3.63, 3.8) is 0 Å². The maximum Gasteiger partial charge on any atom is 0.233 e. The van der Waals surface area contributed by atoms with Crippen LogP contribution in [0.25, 0.3) is 10.9 Å². The first kappa shape index (κ1) is 24.9. The molecule has 1 aliphatic rings. The van der Waals surface area contributed by atoms with Crippen LogP contribution in [0.4, 0.5) is 34.9 Å². The molecule has 1 saturated heterocycles. The van der Waals surface area contributed by atoms with Gasteiger partial charge in [-0.3, -0.25) is 4.98 Å². The van der Waals surface area contributed by atoms with Crippen molar-refractivity contribution in [1.82, 2.24) is 19.9 Å². The Balaban J connectivity index is 1.20. The van der Waals surface area contributed by atoms with Crippen molar-refractivity contribution in [1.29, 1.82) is 0 Å². The molecule has 6 rings (SSSR count). The Morgan fingerprint density at radius 3 is 2.28 bits per heavy atom. The normalized spacial score (nSPS) is 13.3. The fraction of sp³-hybridized carbons (Fsp3) is 0.200. The van der Waals surface area contributed by atoms with Gasteiger partial charge >= 0.3 is 0 Å². The van der Waals surface area contributed by atoms with Crippen LogP contribution in [0.3, 0.4) is 0 Å². The molecule has 3 N–H and O–H groups in total. The van der Waals surface area contributed by atoms with E-state index in [1.54, 1.807) is 6.20 Å². The van der Waals surface area contributed by atoms with Crippen LogP contribution in [-0.4, -0.2) is 33.0 Å². The summed E-state index contributed by atoms with van der Waals surface area (Å²) in [6, 6.07) is 26.0. The zero-order valence-corrected chi connectivity index (χ0v) is 22.2. The summed E-state index contributed by atoms with van der Waals surface area (Å²) in [5.74, 6) is 1.77. The molecule has 0 atom stereocenters. The Hall–Kier alpha value is -4.43. The lowest BCUT2D eigenvalue weighted by atomic mass is 10.1. The molecule has 0 aliphatic carbocycles. The van der Waals surface area contributed by atoms with Crippen molar-refractivity contribution in [2.24, 2.45) is 0 Å². The average Bonchev–Trinajstić information content (AvgIpc) is 2.98. The van der Waals surface area contributed by atoms with Gasteiger partial charge in [0.2, 0.25) is 17.8 Å². The third kappa shape index (κ3) is 6.18. The smallest absolute Gasteiger partial charge is 0.233 e. The second kappa shape index (κ2) is 11.5. The van der Waals surface area contributed by atoms with E-state index in [1.807, 2.05) is 66.7 Å². The van der Waals surface area contributed by atoms with E-state index in [2.05, 4.69) is 43.0 Å². The summed E-state index contributed by atoms with van der Waals surface area (Å²) in [6.07, 6.45) is 5.32. The minimum absolute atomic E-state index is 0.513. The SMILES string of the molecule is Clc1ccc2c(Nc3ccc(Nc4nc(NCc5ccccc5)nc(N5CCCCC5)n4)cc3)ccnc2c1. The number of anilines is 6. The van der Waals surface area contributed by atoms with E-state index in [0.717, 1.165) is 53.9 Å². The fourth-order valence-corrected chi connectivity index (χ4v) is 4.83. The van der Waals surface area contributed by atoms with Crippen LogP contribution >= 0.6 is 11.6 Å². The predicted octanol–water partition coefficient (Wildman–Crippen LogP) is 7.16. The van der Waals surface area contributed by atoms with Gasteiger partial charge in [0.05, 0.1) is 5.52 Å². The molecule has 0 bridgehead atoms. The molecule has 3 aromatic carbocycles. The average molecular weight is 537 g/mol. The van der Waals surface area contributed by atoms with Gasteiger partial charge in [0, 0.05) is 53.3 Å². The Kier molecular flexibility index (Phi) is 7.36. The van der Waals surface area contributed by atoms with Crippen LogP contribution < -0.4 is 20.9 Å². The van der Waals surface area contributed by atoms with Crippen molar-refractivity contribution in [2.75, 3.05) is 33.9 Å². The van der Waals surface area contributed by atoms with Gasteiger partial charge in [0.15, 0.2) is 0 Å². The van der Waals surface area contributed by atoms with Gasteiger partial charge in [0.25, 0.3) is 0 Å². The summed E-state index contributed by atoms with van der Waals surface area (Å²) in [6.45, 7) is 2.55. The van der Waals surface area contributed by atoms with E-state index >= 15 is 0 Å². The van der Waals surface area contributed by atoms with Gasteiger partial charge in [0.1, 0.15) is 0 Å². The molecule has 8 nitrogen and oxygen atoms in total. The number of halogens is 1. The van der Waals surface area contributed by atoms with E-state index in [4.69, 9.17) is 21.6 Å². The first-order valence-electron chi connectivity index (χ1n) is 13.2. The Morgan fingerprint density at radius 1 is 0.744 bits per heavy atom. The zero-order valence-electron chi connectivity index (χ0n) is 21.4. The number of pyridine rings is 1. The van der Waals surface area contributed by atoms with E-state index in [9.17, 15) is 0 Å². The van der Waals surface area contributed by atoms with Crippen LogP contribution in [0, 0.1) is 0 Å². The van der Waals surface area contributed by atoms with Gasteiger partial charge < -0.3 is 20.9 Å². The van der Waals surface area contributed by atoms with E-state index in [0.29, 0.717) is 29.4 Å². The zero-order chi connectivity index (χ0) is 26.4. The number of aromatic nitrogens is 4. The lowest BCUT2D eigenvalue weighted by Crippen LogP contribution is -2.31. The number of hydrogen-bond donors (Lipinski definition) is 3. The first-order chi connectivity index (χ1) is 19.2.